The van der Waals surface area contributed by atoms with Crippen molar-refractivity contribution in [1.29, 1.82) is 0 Å². The first-order valence-electron chi connectivity index (χ1n) is 6.49. The maximum atomic E-state index is 6.17. The summed E-state index contributed by atoms with van der Waals surface area (Å²) in [6.07, 6.45) is 0. The second-order valence-electron chi connectivity index (χ2n) is 4.81. The van der Waals surface area contributed by atoms with Crippen LogP contribution in [0.4, 0.5) is 5.69 Å². The van der Waals surface area contributed by atoms with Crippen LogP contribution in [0.25, 0.3) is 10.2 Å². The number of aromatic nitrogens is 2. The zero-order valence-corrected chi connectivity index (χ0v) is 13.9. The molecule has 0 fully saturated rings. The molecule has 0 spiro atoms. The fraction of sp³-hybridized carbons (Fsp3) is 0.200. The van der Waals surface area contributed by atoms with E-state index in [0.29, 0.717) is 10.3 Å². The van der Waals surface area contributed by atoms with Crippen LogP contribution in [0.2, 0.25) is 10.3 Å². The van der Waals surface area contributed by atoms with Gasteiger partial charge in [0.25, 0.3) is 0 Å². The number of halogens is 2. The van der Waals surface area contributed by atoms with E-state index in [1.165, 1.54) is 4.70 Å². The van der Waals surface area contributed by atoms with E-state index in [2.05, 4.69) is 28.3 Å². The van der Waals surface area contributed by atoms with Crippen LogP contribution in [0.15, 0.2) is 30.3 Å². The van der Waals surface area contributed by atoms with Crippen LogP contribution in [-0.4, -0.2) is 9.97 Å². The van der Waals surface area contributed by atoms with E-state index in [1.807, 2.05) is 25.1 Å². The zero-order chi connectivity index (χ0) is 15.0. The molecular weight excluding hydrogens is 325 g/mol. The molecule has 108 valence electrons. The molecule has 21 heavy (non-hydrogen) atoms. The Morgan fingerprint density at radius 3 is 2.67 bits per heavy atom. The zero-order valence-electron chi connectivity index (χ0n) is 11.5. The largest absolute Gasteiger partial charge is 0.373 e. The van der Waals surface area contributed by atoms with Gasteiger partial charge < -0.3 is 5.32 Å². The number of benzene rings is 1. The highest BCUT2D eigenvalue weighted by atomic mass is 35.5. The Balaban J connectivity index is 1.91. The molecule has 0 aliphatic rings. The third-order valence-electron chi connectivity index (χ3n) is 3.18. The average molecular weight is 338 g/mol. The maximum absolute atomic E-state index is 6.17. The highest BCUT2D eigenvalue weighted by Gasteiger charge is 2.15. The molecule has 2 aromatic heterocycles. The van der Waals surface area contributed by atoms with Crippen LogP contribution in [0.5, 0.6) is 0 Å². The number of hydrogen-bond acceptors (Lipinski definition) is 4. The molecule has 2 heterocycles. The van der Waals surface area contributed by atoms with Gasteiger partial charge >= 0.3 is 0 Å². The van der Waals surface area contributed by atoms with Gasteiger partial charge in [0.1, 0.15) is 10.2 Å². The van der Waals surface area contributed by atoms with Crippen LogP contribution >= 0.6 is 34.5 Å². The molecule has 1 atom stereocenters. The SMILES string of the molecule is Cc1cc(Cl)nc(Cl)c1NC(C)c1nc2ccccc2s1. The lowest BCUT2D eigenvalue weighted by Gasteiger charge is -2.16. The maximum Gasteiger partial charge on any atom is 0.154 e. The normalized spacial score (nSPS) is 12.6. The van der Waals surface area contributed by atoms with Crippen LogP contribution < -0.4 is 5.32 Å². The van der Waals surface area contributed by atoms with E-state index >= 15 is 0 Å². The topological polar surface area (TPSA) is 37.8 Å². The summed E-state index contributed by atoms with van der Waals surface area (Å²) in [6, 6.07) is 9.94. The van der Waals surface area contributed by atoms with Gasteiger partial charge in [0, 0.05) is 0 Å². The Kier molecular flexibility index (Phi) is 4.02. The molecule has 0 saturated carbocycles. The Labute approximate surface area is 137 Å². The molecule has 0 aliphatic carbocycles. The number of pyridine rings is 1. The summed E-state index contributed by atoms with van der Waals surface area (Å²) in [5.74, 6) is 0. The van der Waals surface area contributed by atoms with Gasteiger partial charge in [-0.3, -0.25) is 0 Å². The highest BCUT2D eigenvalue weighted by molar-refractivity contribution is 7.18. The summed E-state index contributed by atoms with van der Waals surface area (Å²) >= 11 is 13.7. The Hall–Kier alpha value is -1.36. The van der Waals surface area contributed by atoms with Crippen molar-refractivity contribution in [3.63, 3.8) is 0 Å². The summed E-state index contributed by atoms with van der Waals surface area (Å²) < 4.78 is 1.18. The van der Waals surface area contributed by atoms with E-state index < -0.39 is 0 Å². The van der Waals surface area contributed by atoms with Gasteiger partial charge in [-0.1, -0.05) is 35.3 Å². The fourth-order valence-electron chi connectivity index (χ4n) is 2.12. The molecule has 3 rings (SSSR count). The number of anilines is 1. The first-order chi connectivity index (χ1) is 10.0. The third-order valence-corrected chi connectivity index (χ3v) is 4.87. The Bertz CT molecular complexity index is 744. The third kappa shape index (κ3) is 2.98. The van der Waals surface area contributed by atoms with Crippen molar-refractivity contribution >= 4 is 50.4 Å². The second-order valence-corrected chi connectivity index (χ2v) is 6.62. The van der Waals surface area contributed by atoms with Crippen LogP contribution in [0.3, 0.4) is 0 Å². The molecule has 3 aromatic rings. The molecule has 0 bridgehead atoms. The van der Waals surface area contributed by atoms with Crippen molar-refractivity contribution in [2.24, 2.45) is 0 Å². The minimum absolute atomic E-state index is 0.0431. The molecule has 1 unspecified atom stereocenters. The highest BCUT2D eigenvalue weighted by Crippen LogP contribution is 2.32. The van der Waals surface area contributed by atoms with Crippen LogP contribution in [0, 0.1) is 6.92 Å². The van der Waals surface area contributed by atoms with Crippen molar-refractivity contribution in [3.05, 3.63) is 51.2 Å². The lowest BCUT2D eigenvalue weighted by Crippen LogP contribution is -2.08. The summed E-state index contributed by atoms with van der Waals surface area (Å²) in [6.45, 7) is 4.01. The molecular formula is C15H13Cl2N3S. The van der Waals surface area contributed by atoms with E-state index in [4.69, 9.17) is 23.2 Å². The number of nitrogens with zero attached hydrogens (tertiary/aromatic N) is 2. The van der Waals surface area contributed by atoms with Crippen molar-refractivity contribution < 1.29 is 0 Å². The number of thiazole rings is 1. The summed E-state index contributed by atoms with van der Waals surface area (Å²) in [4.78, 5) is 8.73. The molecule has 0 saturated heterocycles. The molecule has 1 aromatic carbocycles. The van der Waals surface area contributed by atoms with Crippen molar-refractivity contribution in [1.82, 2.24) is 9.97 Å². The number of hydrogen-bond donors (Lipinski definition) is 1. The molecule has 0 aliphatic heterocycles. The molecule has 3 nitrogen and oxygen atoms in total. The summed E-state index contributed by atoms with van der Waals surface area (Å²) in [7, 11) is 0. The summed E-state index contributed by atoms with van der Waals surface area (Å²) in [5.41, 5.74) is 2.78. The lowest BCUT2D eigenvalue weighted by atomic mass is 10.2. The number of nitrogens with one attached hydrogen (secondary N) is 1. The smallest absolute Gasteiger partial charge is 0.154 e. The van der Waals surface area contributed by atoms with Gasteiger partial charge in [-0.25, -0.2) is 9.97 Å². The molecule has 6 heteroatoms. The van der Waals surface area contributed by atoms with E-state index in [-0.39, 0.29) is 6.04 Å². The first kappa shape index (κ1) is 14.6. The van der Waals surface area contributed by atoms with Crippen LogP contribution in [-0.2, 0) is 0 Å². The van der Waals surface area contributed by atoms with Gasteiger partial charge in [0.05, 0.1) is 21.9 Å². The Morgan fingerprint density at radius 1 is 1.19 bits per heavy atom. The predicted octanol–water partition coefficient (Wildman–Crippen LogP) is 5.48. The van der Waals surface area contributed by atoms with Crippen molar-refractivity contribution in [3.8, 4) is 0 Å². The van der Waals surface area contributed by atoms with Gasteiger partial charge in [-0.05, 0) is 37.6 Å². The number of fused-ring (bicyclic) bond motifs is 1. The van der Waals surface area contributed by atoms with Crippen molar-refractivity contribution in [2.75, 3.05) is 5.32 Å². The molecule has 1 N–H and O–H groups in total. The van der Waals surface area contributed by atoms with Crippen molar-refractivity contribution in [2.45, 2.75) is 19.9 Å². The van der Waals surface area contributed by atoms with E-state index in [0.717, 1.165) is 21.8 Å². The number of aryl methyl sites for hydroxylation is 1. The standard InChI is InChI=1S/C15H13Cl2N3S/c1-8-7-12(16)20-14(17)13(8)18-9(2)15-19-10-5-3-4-6-11(10)21-15/h3-7,9,18H,1-2H3. The second kappa shape index (κ2) is 5.79. The number of para-hydroxylation sites is 1. The van der Waals surface area contributed by atoms with E-state index in [9.17, 15) is 0 Å². The first-order valence-corrected chi connectivity index (χ1v) is 8.06. The average Bonchev–Trinajstić information content (AvgIpc) is 2.86. The summed E-state index contributed by atoms with van der Waals surface area (Å²) in [5, 5.41) is 5.17. The van der Waals surface area contributed by atoms with Gasteiger partial charge in [0.15, 0.2) is 5.15 Å². The van der Waals surface area contributed by atoms with E-state index in [1.54, 1.807) is 17.4 Å². The quantitative estimate of drug-likeness (QED) is 0.643. The predicted molar refractivity (Wildman–Crippen MR) is 90.7 cm³/mol. The molecule has 0 amide bonds. The minimum Gasteiger partial charge on any atom is -0.373 e. The van der Waals surface area contributed by atoms with Gasteiger partial charge in [-0.15, -0.1) is 11.3 Å². The lowest BCUT2D eigenvalue weighted by molar-refractivity contribution is 0.870. The van der Waals surface area contributed by atoms with Gasteiger partial charge in [-0.2, -0.15) is 0 Å². The fourth-order valence-corrected chi connectivity index (χ4v) is 3.68. The number of rotatable bonds is 3. The monoisotopic (exact) mass is 337 g/mol. The van der Waals surface area contributed by atoms with Gasteiger partial charge in [0.2, 0.25) is 0 Å². The Morgan fingerprint density at radius 2 is 1.95 bits per heavy atom. The van der Waals surface area contributed by atoms with Crippen LogP contribution in [0.1, 0.15) is 23.5 Å². The molecule has 0 radical (unpaired) electrons. The minimum atomic E-state index is 0.0431.